The van der Waals surface area contributed by atoms with Crippen molar-refractivity contribution in [3.05, 3.63) is 35.9 Å². The molecule has 0 aromatic heterocycles. The number of aliphatic hydroxyl groups excluding tert-OH is 1. The second-order valence-corrected chi connectivity index (χ2v) is 4.71. The molecular formula is C14H19NO3. The van der Waals surface area contributed by atoms with Gasteiger partial charge in [0, 0.05) is 19.0 Å². The second kappa shape index (κ2) is 5.50. The van der Waals surface area contributed by atoms with E-state index in [1.807, 2.05) is 42.2 Å². The van der Waals surface area contributed by atoms with Crippen molar-refractivity contribution in [3.63, 3.8) is 0 Å². The van der Waals surface area contributed by atoms with Gasteiger partial charge in [0.05, 0.1) is 13.2 Å². The second-order valence-electron chi connectivity index (χ2n) is 4.71. The van der Waals surface area contributed by atoms with E-state index in [4.69, 9.17) is 4.74 Å². The van der Waals surface area contributed by atoms with E-state index < -0.39 is 6.10 Å². The summed E-state index contributed by atoms with van der Waals surface area (Å²) in [5.74, 6) is -0.269. The molecule has 1 aliphatic rings. The first-order valence-electron chi connectivity index (χ1n) is 6.20. The topological polar surface area (TPSA) is 49.8 Å². The first-order valence-corrected chi connectivity index (χ1v) is 6.20. The summed E-state index contributed by atoms with van der Waals surface area (Å²) in [5, 5.41) is 9.76. The summed E-state index contributed by atoms with van der Waals surface area (Å²) in [6.07, 6.45) is -0.00983. The van der Waals surface area contributed by atoms with Crippen LogP contribution in [-0.2, 0) is 9.53 Å². The fraction of sp³-hybridized carbons (Fsp3) is 0.500. The quantitative estimate of drug-likeness (QED) is 0.822. The molecule has 1 fully saturated rings. The minimum Gasteiger partial charge on any atom is -0.468 e. The lowest BCUT2D eigenvalue weighted by Gasteiger charge is -2.29. The smallest absolute Gasteiger partial charge is 0.323 e. The van der Waals surface area contributed by atoms with Crippen LogP contribution in [-0.4, -0.2) is 41.8 Å². The summed E-state index contributed by atoms with van der Waals surface area (Å²) < 4.78 is 4.81. The summed E-state index contributed by atoms with van der Waals surface area (Å²) in [6, 6.07) is 9.73. The van der Waals surface area contributed by atoms with Crippen LogP contribution >= 0.6 is 0 Å². The van der Waals surface area contributed by atoms with E-state index in [9.17, 15) is 9.90 Å². The number of β-amino-alcohol motifs (C(OH)–C–C–N with tert-alkyl or cyclic N) is 1. The Hall–Kier alpha value is -1.39. The lowest BCUT2D eigenvalue weighted by Crippen LogP contribution is -2.38. The van der Waals surface area contributed by atoms with Crippen molar-refractivity contribution < 1.29 is 14.6 Å². The first kappa shape index (κ1) is 13.1. The van der Waals surface area contributed by atoms with Crippen molar-refractivity contribution in [2.45, 2.75) is 31.5 Å². The number of methoxy groups -OCH3 is 1. The van der Waals surface area contributed by atoms with Crippen LogP contribution in [0.4, 0.5) is 0 Å². The largest absolute Gasteiger partial charge is 0.468 e. The zero-order valence-electron chi connectivity index (χ0n) is 10.7. The third-order valence-electron chi connectivity index (χ3n) is 3.57. The Labute approximate surface area is 107 Å². The predicted octanol–water partition coefficient (Wildman–Crippen LogP) is 1.36. The molecule has 0 spiro atoms. The van der Waals surface area contributed by atoms with Crippen LogP contribution in [0.3, 0.4) is 0 Å². The van der Waals surface area contributed by atoms with E-state index in [-0.39, 0.29) is 18.1 Å². The number of rotatable bonds is 3. The van der Waals surface area contributed by atoms with Crippen molar-refractivity contribution in [1.29, 1.82) is 0 Å². The van der Waals surface area contributed by atoms with Crippen LogP contribution < -0.4 is 0 Å². The molecule has 1 saturated heterocycles. The van der Waals surface area contributed by atoms with Gasteiger partial charge in [-0.25, -0.2) is 0 Å². The number of benzene rings is 1. The third kappa shape index (κ3) is 2.54. The van der Waals surface area contributed by atoms with E-state index in [1.165, 1.54) is 7.11 Å². The number of ether oxygens (including phenoxy) is 1. The van der Waals surface area contributed by atoms with Crippen LogP contribution in [0.1, 0.15) is 24.9 Å². The molecule has 0 bridgehead atoms. The van der Waals surface area contributed by atoms with Gasteiger partial charge in [-0.2, -0.15) is 0 Å². The molecule has 1 heterocycles. The SMILES string of the molecule is COC(=O)C1CC(O)CN1C(C)c1ccccc1. The molecule has 1 N–H and O–H groups in total. The minimum atomic E-state index is -0.458. The maximum absolute atomic E-state index is 11.7. The van der Waals surface area contributed by atoms with Crippen molar-refractivity contribution in [1.82, 2.24) is 4.90 Å². The van der Waals surface area contributed by atoms with Crippen LogP contribution in [0.15, 0.2) is 30.3 Å². The van der Waals surface area contributed by atoms with E-state index in [0.717, 1.165) is 5.56 Å². The van der Waals surface area contributed by atoms with Gasteiger partial charge in [-0.3, -0.25) is 9.69 Å². The van der Waals surface area contributed by atoms with Gasteiger partial charge in [0.1, 0.15) is 6.04 Å². The zero-order chi connectivity index (χ0) is 13.1. The Kier molecular flexibility index (Phi) is 3.99. The maximum atomic E-state index is 11.7. The molecule has 1 aromatic rings. The summed E-state index contributed by atoms with van der Waals surface area (Å²) in [6.45, 7) is 2.55. The van der Waals surface area contributed by atoms with Gasteiger partial charge in [0.25, 0.3) is 0 Å². The van der Waals surface area contributed by atoms with Crippen molar-refractivity contribution in [3.8, 4) is 0 Å². The normalized spacial score (nSPS) is 25.9. The first-order chi connectivity index (χ1) is 8.63. The number of nitrogens with zero attached hydrogens (tertiary/aromatic N) is 1. The Balaban J connectivity index is 2.18. The van der Waals surface area contributed by atoms with Gasteiger partial charge < -0.3 is 9.84 Å². The molecule has 0 amide bonds. The molecule has 0 aliphatic carbocycles. The van der Waals surface area contributed by atoms with Crippen LogP contribution in [0, 0.1) is 0 Å². The van der Waals surface area contributed by atoms with Crippen LogP contribution in [0.25, 0.3) is 0 Å². The number of carbonyl (C=O) groups excluding carboxylic acids is 1. The Morgan fingerprint density at radius 3 is 2.72 bits per heavy atom. The monoisotopic (exact) mass is 249 g/mol. The molecular weight excluding hydrogens is 230 g/mol. The van der Waals surface area contributed by atoms with Gasteiger partial charge in [-0.1, -0.05) is 30.3 Å². The van der Waals surface area contributed by atoms with Gasteiger partial charge in [0.2, 0.25) is 0 Å². The number of esters is 1. The maximum Gasteiger partial charge on any atom is 0.323 e. The highest BCUT2D eigenvalue weighted by Crippen LogP contribution is 2.29. The molecule has 3 unspecified atom stereocenters. The average Bonchev–Trinajstić information content (AvgIpc) is 2.80. The van der Waals surface area contributed by atoms with E-state index in [1.54, 1.807) is 0 Å². The predicted molar refractivity (Wildman–Crippen MR) is 68.0 cm³/mol. The Morgan fingerprint density at radius 1 is 1.44 bits per heavy atom. The number of hydrogen-bond donors (Lipinski definition) is 1. The highest BCUT2D eigenvalue weighted by atomic mass is 16.5. The van der Waals surface area contributed by atoms with Gasteiger partial charge in [-0.05, 0) is 12.5 Å². The third-order valence-corrected chi connectivity index (χ3v) is 3.57. The molecule has 4 nitrogen and oxygen atoms in total. The highest BCUT2D eigenvalue weighted by molar-refractivity contribution is 5.76. The molecule has 2 rings (SSSR count). The average molecular weight is 249 g/mol. The summed E-state index contributed by atoms with van der Waals surface area (Å²) >= 11 is 0. The van der Waals surface area contributed by atoms with Crippen molar-refractivity contribution in [2.24, 2.45) is 0 Å². The van der Waals surface area contributed by atoms with Gasteiger partial charge >= 0.3 is 5.97 Å². The lowest BCUT2D eigenvalue weighted by molar-refractivity contribution is -0.146. The molecule has 4 heteroatoms. The van der Waals surface area contributed by atoms with Crippen molar-refractivity contribution in [2.75, 3.05) is 13.7 Å². The van der Waals surface area contributed by atoms with Gasteiger partial charge in [0.15, 0.2) is 0 Å². The van der Waals surface area contributed by atoms with Crippen LogP contribution in [0.2, 0.25) is 0 Å². The van der Waals surface area contributed by atoms with E-state index >= 15 is 0 Å². The number of carbonyl (C=O) groups is 1. The lowest BCUT2D eigenvalue weighted by atomic mass is 10.1. The standard InChI is InChI=1S/C14H19NO3/c1-10(11-6-4-3-5-7-11)15-9-12(16)8-13(15)14(17)18-2/h3-7,10,12-13,16H,8-9H2,1-2H3. The fourth-order valence-electron chi connectivity index (χ4n) is 2.56. The van der Waals surface area contributed by atoms with Crippen molar-refractivity contribution >= 4 is 5.97 Å². The fourth-order valence-corrected chi connectivity index (χ4v) is 2.56. The van der Waals surface area contributed by atoms with Crippen LogP contribution in [0.5, 0.6) is 0 Å². The van der Waals surface area contributed by atoms with E-state index in [0.29, 0.717) is 13.0 Å². The number of likely N-dealkylation sites (tertiary alicyclic amines) is 1. The zero-order valence-corrected chi connectivity index (χ0v) is 10.7. The molecule has 1 aliphatic heterocycles. The number of aliphatic hydroxyl groups is 1. The molecule has 0 radical (unpaired) electrons. The minimum absolute atomic E-state index is 0.0902. The molecule has 1 aromatic carbocycles. The summed E-state index contributed by atoms with van der Waals surface area (Å²) in [4.78, 5) is 13.7. The Bertz CT molecular complexity index is 407. The molecule has 18 heavy (non-hydrogen) atoms. The molecule has 3 atom stereocenters. The van der Waals surface area contributed by atoms with E-state index in [2.05, 4.69) is 0 Å². The molecule has 0 saturated carbocycles. The summed E-state index contributed by atoms with van der Waals surface area (Å²) in [7, 11) is 1.39. The van der Waals surface area contributed by atoms with Gasteiger partial charge in [-0.15, -0.1) is 0 Å². The summed E-state index contributed by atoms with van der Waals surface area (Å²) in [5.41, 5.74) is 1.14. The highest BCUT2D eigenvalue weighted by Gasteiger charge is 2.39. The molecule has 98 valence electrons. The number of hydrogen-bond acceptors (Lipinski definition) is 4. The Morgan fingerprint density at radius 2 is 2.11 bits per heavy atom.